The van der Waals surface area contributed by atoms with Crippen LogP contribution in [0, 0.1) is 0 Å². The number of carbonyl (C=O) groups is 1. The number of hydrogen-bond donors (Lipinski definition) is 1. The molecule has 80 valence electrons. The number of rotatable bonds is 1. The Morgan fingerprint density at radius 2 is 1.87 bits per heavy atom. The lowest BCUT2D eigenvalue weighted by Gasteiger charge is -2.13. The van der Waals surface area contributed by atoms with Gasteiger partial charge in [-0.2, -0.15) is 0 Å². The van der Waals surface area contributed by atoms with E-state index in [1.165, 1.54) is 0 Å². The van der Waals surface area contributed by atoms with E-state index < -0.39 is 6.09 Å². The summed E-state index contributed by atoms with van der Waals surface area (Å²) in [5, 5.41) is 3.73. The molecule has 1 aliphatic rings. The quantitative estimate of drug-likeness (QED) is 0.826. The molecule has 5 heteroatoms. The monoisotopic (exact) mass is 245 g/mol. The fourth-order valence-electron chi connectivity index (χ4n) is 1.61. The van der Waals surface area contributed by atoms with Gasteiger partial charge < -0.3 is 10.1 Å². The van der Waals surface area contributed by atoms with Gasteiger partial charge in [0.15, 0.2) is 0 Å². The van der Waals surface area contributed by atoms with Crippen LogP contribution in [0.2, 0.25) is 10.0 Å². The summed E-state index contributed by atoms with van der Waals surface area (Å²) in [4.78, 5) is 11.0. The summed E-state index contributed by atoms with van der Waals surface area (Å²) in [6.45, 7) is 1.87. The van der Waals surface area contributed by atoms with Crippen molar-refractivity contribution < 1.29 is 9.53 Å². The van der Waals surface area contributed by atoms with Crippen LogP contribution in [0.5, 0.6) is 0 Å². The maximum atomic E-state index is 11.0. The molecule has 0 unspecified atom stereocenters. The Morgan fingerprint density at radius 3 is 2.33 bits per heavy atom. The molecule has 1 heterocycles. The van der Waals surface area contributed by atoms with Crippen LogP contribution in [-0.4, -0.2) is 12.1 Å². The molecule has 0 radical (unpaired) electrons. The van der Waals surface area contributed by atoms with E-state index in [0.717, 1.165) is 5.56 Å². The minimum Gasteiger partial charge on any atom is -0.439 e. The largest absolute Gasteiger partial charge is 0.439 e. The van der Waals surface area contributed by atoms with Crippen LogP contribution in [0.1, 0.15) is 18.6 Å². The third-order valence-corrected chi connectivity index (χ3v) is 2.68. The number of nitrogens with one attached hydrogen (secondary N) is 1. The van der Waals surface area contributed by atoms with Crippen molar-refractivity contribution in [1.29, 1.82) is 0 Å². The molecule has 1 aromatic rings. The van der Waals surface area contributed by atoms with Crippen molar-refractivity contribution in [3.8, 4) is 0 Å². The van der Waals surface area contributed by atoms with Gasteiger partial charge in [0.05, 0.1) is 6.04 Å². The Balaban J connectivity index is 2.33. The summed E-state index contributed by atoms with van der Waals surface area (Å²) in [5.41, 5.74) is 0.804. The minimum absolute atomic E-state index is 0.0768. The molecule has 2 atom stereocenters. The molecule has 1 N–H and O–H groups in total. The molecule has 1 aliphatic heterocycles. The summed E-state index contributed by atoms with van der Waals surface area (Å²) >= 11 is 11.7. The van der Waals surface area contributed by atoms with Gasteiger partial charge in [0.2, 0.25) is 0 Å². The van der Waals surface area contributed by atoms with Crippen LogP contribution in [0.15, 0.2) is 18.2 Å². The maximum absolute atomic E-state index is 11.0. The lowest BCUT2D eigenvalue weighted by molar-refractivity contribution is 0.134. The predicted molar refractivity (Wildman–Crippen MR) is 58.3 cm³/mol. The first-order chi connectivity index (χ1) is 7.06. The van der Waals surface area contributed by atoms with Crippen molar-refractivity contribution in [2.24, 2.45) is 0 Å². The Bertz CT molecular complexity index is 388. The van der Waals surface area contributed by atoms with E-state index in [0.29, 0.717) is 10.0 Å². The smallest absolute Gasteiger partial charge is 0.408 e. The average molecular weight is 246 g/mol. The molecule has 1 fully saturated rings. The zero-order valence-electron chi connectivity index (χ0n) is 7.96. The van der Waals surface area contributed by atoms with Crippen LogP contribution in [-0.2, 0) is 4.74 Å². The molecule has 0 aliphatic carbocycles. The summed E-state index contributed by atoms with van der Waals surface area (Å²) in [5.74, 6) is 0. The molecular formula is C10H9Cl2NO2. The van der Waals surface area contributed by atoms with Crippen molar-refractivity contribution in [1.82, 2.24) is 5.32 Å². The standard InChI is InChI=1S/C10H9Cl2NO2/c1-5-9(15-10(14)13-5)6-2-7(11)4-8(12)3-6/h2-5,9H,1H3,(H,13,14)/t5-,9+/m1/s1. The number of alkyl carbamates (subject to hydrolysis) is 1. The van der Waals surface area contributed by atoms with Crippen molar-refractivity contribution in [2.45, 2.75) is 19.1 Å². The lowest BCUT2D eigenvalue weighted by atomic mass is 10.0. The molecule has 2 rings (SSSR count). The molecule has 0 bridgehead atoms. The van der Waals surface area contributed by atoms with Crippen LogP contribution < -0.4 is 5.32 Å². The second-order valence-electron chi connectivity index (χ2n) is 3.46. The van der Waals surface area contributed by atoms with Gasteiger partial charge >= 0.3 is 6.09 Å². The third-order valence-electron chi connectivity index (χ3n) is 2.25. The third kappa shape index (κ3) is 2.19. The molecule has 0 spiro atoms. The molecule has 3 nitrogen and oxygen atoms in total. The Kier molecular flexibility index (Phi) is 2.76. The van der Waals surface area contributed by atoms with Gasteiger partial charge in [0.1, 0.15) is 6.10 Å². The first kappa shape index (κ1) is 10.6. The molecule has 1 aromatic carbocycles. The van der Waals surface area contributed by atoms with Crippen molar-refractivity contribution in [3.05, 3.63) is 33.8 Å². The van der Waals surface area contributed by atoms with Gasteiger partial charge in [-0.15, -0.1) is 0 Å². The molecule has 1 saturated heterocycles. The highest BCUT2D eigenvalue weighted by Crippen LogP contribution is 2.30. The number of halogens is 2. The summed E-state index contributed by atoms with van der Waals surface area (Å²) in [6.07, 6.45) is -0.739. The first-order valence-electron chi connectivity index (χ1n) is 4.49. The van der Waals surface area contributed by atoms with E-state index in [4.69, 9.17) is 27.9 Å². The fourth-order valence-corrected chi connectivity index (χ4v) is 2.15. The first-order valence-corrected chi connectivity index (χ1v) is 5.25. The normalized spacial score (nSPS) is 24.9. The van der Waals surface area contributed by atoms with Gasteiger partial charge in [-0.25, -0.2) is 4.79 Å². The van der Waals surface area contributed by atoms with E-state index in [9.17, 15) is 4.79 Å². The molecule has 0 aromatic heterocycles. The minimum atomic E-state index is -0.413. The van der Waals surface area contributed by atoms with Crippen LogP contribution in [0.4, 0.5) is 4.79 Å². The molecule has 0 saturated carbocycles. The van der Waals surface area contributed by atoms with E-state index in [1.807, 2.05) is 6.92 Å². The highest BCUT2D eigenvalue weighted by Gasteiger charge is 2.32. The maximum Gasteiger partial charge on any atom is 0.408 e. The molecule has 1 amide bonds. The molecule has 15 heavy (non-hydrogen) atoms. The van der Waals surface area contributed by atoms with Gasteiger partial charge in [-0.1, -0.05) is 23.2 Å². The number of cyclic esters (lactones) is 1. The zero-order chi connectivity index (χ0) is 11.0. The zero-order valence-corrected chi connectivity index (χ0v) is 9.47. The number of ether oxygens (including phenoxy) is 1. The van der Waals surface area contributed by atoms with Gasteiger partial charge in [0.25, 0.3) is 0 Å². The topological polar surface area (TPSA) is 38.3 Å². The van der Waals surface area contributed by atoms with E-state index in [-0.39, 0.29) is 12.1 Å². The van der Waals surface area contributed by atoms with Crippen LogP contribution >= 0.6 is 23.2 Å². The van der Waals surface area contributed by atoms with E-state index in [2.05, 4.69) is 5.32 Å². The highest BCUT2D eigenvalue weighted by atomic mass is 35.5. The number of amides is 1. The van der Waals surface area contributed by atoms with Gasteiger partial charge in [0, 0.05) is 10.0 Å². The second-order valence-corrected chi connectivity index (χ2v) is 4.33. The van der Waals surface area contributed by atoms with E-state index >= 15 is 0 Å². The highest BCUT2D eigenvalue weighted by molar-refractivity contribution is 6.34. The van der Waals surface area contributed by atoms with Gasteiger partial charge in [-0.3, -0.25) is 0 Å². The number of carbonyl (C=O) groups excluding carboxylic acids is 1. The van der Waals surface area contributed by atoms with Crippen molar-refractivity contribution in [2.75, 3.05) is 0 Å². The fraction of sp³-hybridized carbons (Fsp3) is 0.300. The predicted octanol–water partition coefficient (Wildman–Crippen LogP) is 3.16. The Morgan fingerprint density at radius 1 is 1.27 bits per heavy atom. The van der Waals surface area contributed by atoms with Crippen molar-refractivity contribution >= 4 is 29.3 Å². The van der Waals surface area contributed by atoms with Crippen LogP contribution in [0.3, 0.4) is 0 Å². The molecular weight excluding hydrogens is 237 g/mol. The van der Waals surface area contributed by atoms with E-state index in [1.54, 1.807) is 18.2 Å². The van der Waals surface area contributed by atoms with Crippen molar-refractivity contribution in [3.63, 3.8) is 0 Å². The summed E-state index contributed by atoms with van der Waals surface area (Å²) < 4.78 is 5.10. The number of hydrogen-bond acceptors (Lipinski definition) is 2. The SMILES string of the molecule is C[C@H]1NC(=O)O[C@@H]1c1cc(Cl)cc(Cl)c1. The Hall–Kier alpha value is -0.930. The lowest BCUT2D eigenvalue weighted by Crippen LogP contribution is -2.23. The number of benzene rings is 1. The van der Waals surface area contributed by atoms with Gasteiger partial charge in [-0.05, 0) is 30.7 Å². The van der Waals surface area contributed by atoms with Crippen LogP contribution in [0.25, 0.3) is 0 Å². The average Bonchev–Trinajstić information content (AvgIpc) is 2.43. The second kappa shape index (κ2) is 3.91. The summed E-state index contributed by atoms with van der Waals surface area (Å²) in [6, 6.07) is 5.05. The summed E-state index contributed by atoms with van der Waals surface area (Å²) in [7, 11) is 0. The Labute approximate surface area is 97.3 Å².